The van der Waals surface area contributed by atoms with E-state index in [2.05, 4.69) is 37.4 Å². The second-order valence-corrected chi connectivity index (χ2v) is 8.21. The number of aromatic nitrogens is 4. The van der Waals surface area contributed by atoms with Crippen molar-refractivity contribution in [3.8, 4) is 5.75 Å². The van der Waals surface area contributed by atoms with Crippen LogP contribution in [0, 0.1) is 5.82 Å². The molecule has 4 heterocycles. The number of ether oxygens (including phenoxy) is 3. The minimum absolute atomic E-state index is 0.145. The number of anilines is 3. The molecule has 2 aliphatic heterocycles. The van der Waals surface area contributed by atoms with Crippen LogP contribution in [-0.2, 0) is 22.6 Å². The molecule has 4 aromatic rings. The summed E-state index contributed by atoms with van der Waals surface area (Å²) in [5, 5.41) is 8.49. The van der Waals surface area contributed by atoms with Gasteiger partial charge in [0.1, 0.15) is 11.6 Å². The van der Waals surface area contributed by atoms with Crippen molar-refractivity contribution >= 4 is 28.4 Å². The van der Waals surface area contributed by atoms with Crippen LogP contribution in [0.5, 0.6) is 5.75 Å². The quantitative estimate of drug-likeness (QED) is 0.483. The van der Waals surface area contributed by atoms with Crippen LogP contribution in [-0.4, -0.2) is 52.8 Å². The number of hydrogen-bond donors (Lipinski definition) is 1. The summed E-state index contributed by atoms with van der Waals surface area (Å²) < 4.78 is 32.2. The average molecular weight is 462 g/mol. The molecule has 0 unspecified atom stereocenters. The molecule has 1 saturated heterocycles. The highest BCUT2D eigenvalue weighted by Crippen LogP contribution is 2.30. The van der Waals surface area contributed by atoms with Gasteiger partial charge >= 0.3 is 0 Å². The molecular formula is C24H23FN6O3. The third-order valence-electron chi connectivity index (χ3n) is 5.95. The van der Waals surface area contributed by atoms with Crippen molar-refractivity contribution in [2.75, 3.05) is 43.3 Å². The maximum absolute atomic E-state index is 14.2. The molecule has 0 spiro atoms. The van der Waals surface area contributed by atoms with Crippen LogP contribution in [0.2, 0.25) is 0 Å². The molecule has 1 N–H and O–H groups in total. The van der Waals surface area contributed by atoms with Gasteiger partial charge in [0.15, 0.2) is 12.4 Å². The minimum atomic E-state index is -0.336. The Balaban J connectivity index is 1.24. The van der Waals surface area contributed by atoms with E-state index in [4.69, 9.17) is 14.2 Å². The predicted molar refractivity (Wildman–Crippen MR) is 124 cm³/mol. The van der Waals surface area contributed by atoms with Crippen molar-refractivity contribution in [3.63, 3.8) is 0 Å². The first-order valence-corrected chi connectivity index (χ1v) is 11.1. The largest absolute Gasteiger partial charge is 0.467 e. The summed E-state index contributed by atoms with van der Waals surface area (Å²) in [7, 11) is 0. The molecule has 6 rings (SSSR count). The number of fused-ring (bicyclic) bond motifs is 2. The highest BCUT2D eigenvalue weighted by Gasteiger charge is 2.19. The summed E-state index contributed by atoms with van der Waals surface area (Å²) in [6.07, 6.45) is 3.42. The zero-order valence-electron chi connectivity index (χ0n) is 18.4. The van der Waals surface area contributed by atoms with Crippen molar-refractivity contribution in [1.29, 1.82) is 0 Å². The van der Waals surface area contributed by atoms with E-state index in [0.717, 1.165) is 43.1 Å². The van der Waals surface area contributed by atoms with E-state index in [0.29, 0.717) is 41.6 Å². The van der Waals surface area contributed by atoms with Crippen LogP contribution >= 0.6 is 0 Å². The summed E-state index contributed by atoms with van der Waals surface area (Å²) in [6.45, 7) is 4.06. The Labute approximate surface area is 195 Å². The van der Waals surface area contributed by atoms with Gasteiger partial charge in [-0.05, 0) is 36.4 Å². The van der Waals surface area contributed by atoms with Crippen LogP contribution in [0.3, 0.4) is 0 Å². The fourth-order valence-corrected chi connectivity index (χ4v) is 4.28. The van der Waals surface area contributed by atoms with Crippen LogP contribution < -0.4 is 15.0 Å². The molecule has 1 fully saturated rings. The molecule has 0 amide bonds. The number of nitrogens with one attached hydrogen (secondary N) is 1. The summed E-state index contributed by atoms with van der Waals surface area (Å²) >= 11 is 0. The smallest absolute Gasteiger partial charge is 0.229 e. The molecule has 2 aromatic carbocycles. The van der Waals surface area contributed by atoms with Gasteiger partial charge in [-0.15, -0.1) is 0 Å². The number of hydrogen-bond acceptors (Lipinski definition) is 8. The lowest BCUT2D eigenvalue weighted by atomic mass is 10.1. The third-order valence-corrected chi connectivity index (χ3v) is 5.95. The van der Waals surface area contributed by atoms with Gasteiger partial charge in [0.05, 0.1) is 37.9 Å². The maximum atomic E-state index is 14.2. The fraction of sp³-hybridized carbons (Fsp3) is 0.292. The molecule has 0 aliphatic carbocycles. The highest BCUT2D eigenvalue weighted by atomic mass is 19.1. The lowest BCUT2D eigenvalue weighted by Gasteiger charge is -2.28. The predicted octanol–water partition coefficient (Wildman–Crippen LogP) is 3.46. The fourth-order valence-electron chi connectivity index (χ4n) is 4.28. The Morgan fingerprint density at radius 3 is 2.74 bits per heavy atom. The Bertz CT molecular complexity index is 1320. The third kappa shape index (κ3) is 4.13. The van der Waals surface area contributed by atoms with E-state index in [9.17, 15) is 4.39 Å². The summed E-state index contributed by atoms with van der Waals surface area (Å²) in [6, 6.07) is 11.1. The summed E-state index contributed by atoms with van der Waals surface area (Å²) in [4.78, 5) is 11.4. The molecular weight excluding hydrogens is 439 g/mol. The Morgan fingerprint density at radius 1 is 1.03 bits per heavy atom. The van der Waals surface area contributed by atoms with Gasteiger partial charge in [0.2, 0.25) is 5.95 Å². The Kier molecular flexibility index (Phi) is 5.44. The molecule has 174 valence electrons. The van der Waals surface area contributed by atoms with Crippen molar-refractivity contribution < 1.29 is 18.6 Å². The van der Waals surface area contributed by atoms with Gasteiger partial charge in [-0.2, -0.15) is 10.1 Å². The monoisotopic (exact) mass is 462 g/mol. The molecule has 34 heavy (non-hydrogen) atoms. The molecule has 0 atom stereocenters. The first-order chi connectivity index (χ1) is 16.7. The molecule has 0 saturated carbocycles. The molecule has 2 aromatic heterocycles. The van der Waals surface area contributed by atoms with Crippen molar-refractivity contribution in [2.45, 2.75) is 13.2 Å². The molecule has 10 heteroatoms. The Hall–Kier alpha value is -3.76. The minimum Gasteiger partial charge on any atom is -0.467 e. The van der Waals surface area contributed by atoms with E-state index < -0.39 is 0 Å². The van der Waals surface area contributed by atoms with Gasteiger partial charge in [0, 0.05) is 41.8 Å². The van der Waals surface area contributed by atoms with Crippen LogP contribution in [0.25, 0.3) is 11.0 Å². The summed E-state index contributed by atoms with van der Waals surface area (Å²) in [5.41, 5.74) is 4.07. The van der Waals surface area contributed by atoms with Crippen molar-refractivity contribution in [1.82, 2.24) is 19.7 Å². The van der Waals surface area contributed by atoms with Gasteiger partial charge < -0.3 is 24.4 Å². The first kappa shape index (κ1) is 20.8. The lowest BCUT2D eigenvalue weighted by molar-refractivity contribution is -0.0173. The number of rotatable bonds is 5. The van der Waals surface area contributed by atoms with Crippen molar-refractivity contribution in [2.24, 2.45) is 0 Å². The SMILES string of the molecule is Fc1cc2c(c(Cn3ncc4cnc(Nc5ccc(N6CCOCC6)cc5)nc43)c1)OCOC2. The molecule has 2 aliphatic rings. The van der Waals surface area contributed by atoms with E-state index in [1.165, 1.54) is 12.1 Å². The van der Waals surface area contributed by atoms with Crippen molar-refractivity contribution in [3.05, 3.63) is 65.7 Å². The topological polar surface area (TPSA) is 86.6 Å². The zero-order chi connectivity index (χ0) is 22.9. The normalized spacial score (nSPS) is 15.7. The van der Waals surface area contributed by atoms with E-state index in [1.807, 2.05) is 12.1 Å². The average Bonchev–Trinajstić information content (AvgIpc) is 3.27. The van der Waals surface area contributed by atoms with Gasteiger partial charge in [-0.3, -0.25) is 0 Å². The summed E-state index contributed by atoms with van der Waals surface area (Å²) in [5.74, 6) is 0.764. The number of morpholine rings is 1. The molecule has 0 bridgehead atoms. The van der Waals surface area contributed by atoms with Crippen LogP contribution in [0.1, 0.15) is 11.1 Å². The molecule has 9 nitrogen and oxygen atoms in total. The van der Waals surface area contributed by atoms with E-state index in [1.54, 1.807) is 17.1 Å². The maximum Gasteiger partial charge on any atom is 0.229 e. The van der Waals surface area contributed by atoms with Crippen LogP contribution in [0.15, 0.2) is 48.8 Å². The zero-order valence-corrected chi connectivity index (χ0v) is 18.4. The Morgan fingerprint density at radius 2 is 1.88 bits per heavy atom. The molecule has 0 radical (unpaired) electrons. The van der Waals surface area contributed by atoms with E-state index in [-0.39, 0.29) is 12.6 Å². The van der Waals surface area contributed by atoms with Gasteiger partial charge in [-0.25, -0.2) is 14.1 Å². The highest BCUT2D eigenvalue weighted by molar-refractivity contribution is 5.75. The number of nitrogens with zero attached hydrogens (tertiary/aromatic N) is 5. The second-order valence-electron chi connectivity index (χ2n) is 8.21. The van der Waals surface area contributed by atoms with E-state index >= 15 is 0 Å². The van der Waals surface area contributed by atoms with Gasteiger partial charge in [0.25, 0.3) is 0 Å². The number of benzene rings is 2. The second kappa shape index (κ2) is 8.88. The van der Waals surface area contributed by atoms with Crippen LogP contribution in [0.4, 0.5) is 21.7 Å². The number of halogens is 1. The standard InChI is InChI=1S/C24H23FN6O3/c25-19-9-16(22-17(10-19)14-33-15-34-22)13-31-23-18(12-27-31)11-26-24(29-23)28-20-1-3-21(4-2-20)30-5-7-32-8-6-30/h1-4,9-12H,5-8,13-15H2,(H,26,28,29). The lowest BCUT2D eigenvalue weighted by Crippen LogP contribution is -2.36. The first-order valence-electron chi connectivity index (χ1n) is 11.1. The van der Waals surface area contributed by atoms with Gasteiger partial charge in [-0.1, -0.05) is 0 Å².